The molecule has 0 bridgehead atoms. The van der Waals surface area contributed by atoms with E-state index in [2.05, 4.69) is 35.8 Å². The Kier molecular flexibility index (Phi) is 4.37. The fraction of sp³-hybridized carbons (Fsp3) is 0.200. The summed E-state index contributed by atoms with van der Waals surface area (Å²) in [4.78, 5) is 0. The molecule has 0 spiro atoms. The van der Waals surface area contributed by atoms with Crippen LogP contribution < -0.4 is 0 Å². The molecule has 1 radical (unpaired) electrons. The highest BCUT2D eigenvalue weighted by Gasteiger charge is 2.13. The SMILES string of the molecule is CC(C)c1c(Cl)cc(-c2cc[c]cc2Br)cc1Cl. The third kappa shape index (κ3) is 2.74. The predicted octanol–water partition coefficient (Wildman–Crippen LogP) is 6.35. The van der Waals surface area contributed by atoms with Crippen LogP contribution in [0.4, 0.5) is 0 Å². The second-order valence-corrected chi connectivity index (χ2v) is 6.08. The van der Waals surface area contributed by atoms with Crippen molar-refractivity contribution in [1.82, 2.24) is 0 Å². The molecule has 93 valence electrons. The van der Waals surface area contributed by atoms with Gasteiger partial charge in [0.25, 0.3) is 0 Å². The van der Waals surface area contributed by atoms with Crippen molar-refractivity contribution in [2.75, 3.05) is 0 Å². The molecular weight excluding hydrogens is 331 g/mol. The molecule has 0 heterocycles. The Balaban J connectivity index is 2.59. The van der Waals surface area contributed by atoms with Gasteiger partial charge in [-0.1, -0.05) is 65.1 Å². The van der Waals surface area contributed by atoms with Crippen LogP contribution in [-0.2, 0) is 0 Å². The van der Waals surface area contributed by atoms with Gasteiger partial charge < -0.3 is 0 Å². The number of hydrogen-bond acceptors (Lipinski definition) is 0. The zero-order chi connectivity index (χ0) is 13.3. The smallest absolute Gasteiger partial charge is 0.0461 e. The van der Waals surface area contributed by atoms with E-state index in [1.165, 1.54) is 0 Å². The monoisotopic (exact) mass is 341 g/mol. The Labute approximate surface area is 126 Å². The summed E-state index contributed by atoms with van der Waals surface area (Å²) in [6.45, 7) is 4.17. The lowest BCUT2D eigenvalue weighted by Gasteiger charge is -2.13. The van der Waals surface area contributed by atoms with E-state index in [9.17, 15) is 0 Å². The third-order valence-electron chi connectivity index (χ3n) is 2.78. The maximum atomic E-state index is 6.32. The molecule has 18 heavy (non-hydrogen) atoms. The predicted molar refractivity (Wildman–Crippen MR) is 82.5 cm³/mol. The summed E-state index contributed by atoms with van der Waals surface area (Å²) in [5.41, 5.74) is 3.07. The zero-order valence-electron chi connectivity index (χ0n) is 10.1. The van der Waals surface area contributed by atoms with Gasteiger partial charge in [-0.15, -0.1) is 0 Å². The summed E-state index contributed by atoms with van der Waals surface area (Å²) in [6, 6.07) is 12.7. The summed E-state index contributed by atoms with van der Waals surface area (Å²) < 4.78 is 0.981. The molecule has 0 saturated heterocycles. The molecule has 2 rings (SSSR count). The first-order chi connectivity index (χ1) is 8.50. The number of rotatable bonds is 2. The first-order valence-electron chi connectivity index (χ1n) is 5.65. The fourth-order valence-electron chi connectivity index (χ4n) is 1.94. The van der Waals surface area contributed by atoms with Crippen LogP contribution in [0, 0.1) is 6.07 Å². The number of benzene rings is 2. The van der Waals surface area contributed by atoms with E-state index in [1.54, 1.807) is 0 Å². The van der Waals surface area contributed by atoms with Crippen LogP contribution in [0.15, 0.2) is 34.8 Å². The maximum absolute atomic E-state index is 6.32. The highest BCUT2D eigenvalue weighted by atomic mass is 79.9. The Bertz CT molecular complexity index is 553. The average Bonchev–Trinajstić information content (AvgIpc) is 2.27. The van der Waals surface area contributed by atoms with Gasteiger partial charge in [-0.05, 0) is 46.9 Å². The molecule has 2 aromatic rings. The second-order valence-electron chi connectivity index (χ2n) is 4.41. The van der Waals surface area contributed by atoms with Gasteiger partial charge in [0.2, 0.25) is 0 Å². The lowest BCUT2D eigenvalue weighted by atomic mass is 9.98. The molecule has 0 aliphatic carbocycles. The van der Waals surface area contributed by atoms with E-state index in [0.717, 1.165) is 21.2 Å². The molecule has 0 unspecified atom stereocenters. The van der Waals surface area contributed by atoms with Crippen molar-refractivity contribution in [3.8, 4) is 11.1 Å². The van der Waals surface area contributed by atoms with Gasteiger partial charge in [0.15, 0.2) is 0 Å². The minimum absolute atomic E-state index is 0.312. The van der Waals surface area contributed by atoms with Gasteiger partial charge in [-0.2, -0.15) is 0 Å². The highest BCUT2D eigenvalue weighted by molar-refractivity contribution is 9.10. The quantitative estimate of drug-likeness (QED) is 0.596. The minimum atomic E-state index is 0.312. The summed E-state index contributed by atoms with van der Waals surface area (Å²) in [5, 5.41) is 1.43. The molecule has 2 aromatic carbocycles. The topological polar surface area (TPSA) is 0 Å². The lowest BCUT2D eigenvalue weighted by Crippen LogP contribution is -1.92. The molecular formula is C15H12BrCl2. The Morgan fingerprint density at radius 3 is 2.28 bits per heavy atom. The molecule has 0 saturated carbocycles. The van der Waals surface area contributed by atoms with Crippen molar-refractivity contribution >= 4 is 39.1 Å². The van der Waals surface area contributed by atoms with Crippen molar-refractivity contribution in [2.45, 2.75) is 19.8 Å². The summed E-state index contributed by atoms with van der Waals surface area (Å²) in [6.07, 6.45) is 0. The van der Waals surface area contributed by atoms with Crippen LogP contribution in [0.2, 0.25) is 10.0 Å². The van der Waals surface area contributed by atoms with Gasteiger partial charge in [-0.3, -0.25) is 0 Å². The van der Waals surface area contributed by atoms with Crippen molar-refractivity contribution < 1.29 is 0 Å². The van der Waals surface area contributed by atoms with Gasteiger partial charge >= 0.3 is 0 Å². The van der Waals surface area contributed by atoms with Gasteiger partial charge in [0.05, 0.1) is 0 Å². The van der Waals surface area contributed by atoms with Crippen LogP contribution in [0.3, 0.4) is 0 Å². The van der Waals surface area contributed by atoms with Crippen molar-refractivity contribution in [3.63, 3.8) is 0 Å². The summed E-state index contributed by atoms with van der Waals surface area (Å²) in [5.74, 6) is 0.312. The van der Waals surface area contributed by atoms with E-state index < -0.39 is 0 Å². The molecule has 0 atom stereocenters. The molecule has 0 N–H and O–H groups in total. The van der Waals surface area contributed by atoms with Crippen LogP contribution >= 0.6 is 39.1 Å². The normalized spacial score (nSPS) is 11.0. The van der Waals surface area contributed by atoms with E-state index >= 15 is 0 Å². The molecule has 0 aliphatic rings. The molecule has 0 aliphatic heterocycles. The van der Waals surface area contributed by atoms with Crippen LogP contribution in [0.25, 0.3) is 11.1 Å². The molecule has 0 amide bonds. The van der Waals surface area contributed by atoms with Gasteiger partial charge in [0.1, 0.15) is 0 Å². The summed E-state index contributed by atoms with van der Waals surface area (Å²) in [7, 11) is 0. The molecule has 0 aromatic heterocycles. The average molecular weight is 343 g/mol. The molecule has 0 fully saturated rings. The first-order valence-corrected chi connectivity index (χ1v) is 7.20. The molecule has 3 heteroatoms. The first kappa shape index (κ1) is 13.9. The standard InChI is InChI=1S/C15H12BrCl2/c1-9(2)15-13(17)7-10(8-14(15)18)11-5-3-4-6-12(11)16/h3,5-9H,1-2H3. The largest absolute Gasteiger partial charge is 0.0840 e. The van der Waals surface area contributed by atoms with Crippen molar-refractivity contribution in [1.29, 1.82) is 0 Å². The van der Waals surface area contributed by atoms with Crippen molar-refractivity contribution in [3.05, 3.63) is 56.5 Å². The van der Waals surface area contributed by atoms with Crippen LogP contribution in [0.1, 0.15) is 25.3 Å². The van der Waals surface area contributed by atoms with E-state index in [-0.39, 0.29) is 0 Å². The third-order valence-corrected chi connectivity index (χ3v) is 4.06. The van der Waals surface area contributed by atoms with Crippen LogP contribution in [-0.4, -0.2) is 0 Å². The van der Waals surface area contributed by atoms with E-state index in [1.807, 2.05) is 30.3 Å². The summed E-state index contributed by atoms with van der Waals surface area (Å²) >= 11 is 16.2. The van der Waals surface area contributed by atoms with Gasteiger partial charge in [0, 0.05) is 14.5 Å². The Morgan fingerprint density at radius 2 is 1.78 bits per heavy atom. The van der Waals surface area contributed by atoms with Crippen molar-refractivity contribution in [2.24, 2.45) is 0 Å². The zero-order valence-corrected chi connectivity index (χ0v) is 13.2. The lowest BCUT2D eigenvalue weighted by molar-refractivity contribution is 0.867. The Morgan fingerprint density at radius 1 is 1.17 bits per heavy atom. The van der Waals surface area contributed by atoms with E-state index in [0.29, 0.717) is 16.0 Å². The minimum Gasteiger partial charge on any atom is -0.0840 e. The second kappa shape index (κ2) is 5.64. The van der Waals surface area contributed by atoms with E-state index in [4.69, 9.17) is 23.2 Å². The fourth-order valence-corrected chi connectivity index (χ4v) is 3.35. The number of halogens is 3. The maximum Gasteiger partial charge on any atom is 0.0461 e. The van der Waals surface area contributed by atoms with Crippen LogP contribution in [0.5, 0.6) is 0 Å². The number of hydrogen-bond donors (Lipinski definition) is 0. The highest BCUT2D eigenvalue weighted by Crippen LogP contribution is 2.37. The Hall–Kier alpha value is -0.500. The molecule has 0 nitrogen and oxygen atoms in total. The van der Waals surface area contributed by atoms with Gasteiger partial charge in [-0.25, -0.2) is 0 Å².